The van der Waals surface area contributed by atoms with E-state index in [9.17, 15) is 4.79 Å². The van der Waals surface area contributed by atoms with Crippen LogP contribution in [0.15, 0.2) is 24.3 Å². The molecule has 0 heterocycles. The third kappa shape index (κ3) is 5.05. The van der Waals surface area contributed by atoms with Gasteiger partial charge in [0.05, 0.1) is 0 Å². The van der Waals surface area contributed by atoms with Crippen LogP contribution in [0, 0.1) is 0 Å². The van der Waals surface area contributed by atoms with Crippen LogP contribution in [0.5, 0.6) is 0 Å². The highest BCUT2D eigenvalue weighted by atomic mass is 16.5. The Labute approximate surface area is 108 Å². The molecule has 0 aromatic heterocycles. The van der Waals surface area contributed by atoms with Crippen LogP contribution in [0.2, 0.25) is 0 Å². The van der Waals surface area contributed by atoms with Crippen molar-refractivity contribution in [3.05, 3.63) is 24.3 Å². The number of urea groups is 1. The number of hydrogen-bond acceptors (Lipinski definition) is 3. The first-order chi connectivity index (χ1) is 8.63. The number of nitrogens with one attached hydrogen (secondary N) is 2. The van der Waals surface area contributed by atoms with E-state index in [1.165, 1.54) is 0 Å². The van der Waals surface area contributed by atoms with E-state index in [4.69, 9.17) is 4.74 Å². The number of nitrogens with zero attached hydrogens (tertiary/aromatic N) is 1. The number of ether oxygens (including phenoxy) is 1. The average Bonchev–Trinajstić information content (AvgIpc) is 2.35. The average molecular weight is 251 g/mol. The van der Waals surface area contributed by atoms with Gasteiger partial charge in [-0.15, -0.1) is 0 Å². The van der Waals surface area contributed by atoms with Crippen molar-refractivity contribution in [3.8, 4) is 0 Å². The molecule has 5 heteroatoms. The zero-order chi connectivity index (χ0) is 13.4. The normalized spacial score (nSPS) is 9.94. The van der Waals surface area contributed by atoms with Gasteiger partial charge in [-0.3, -0.25) is 0 Å². The summed E-state index contributed by atoms with van der Waals surface area (Å²) >= 11 is 0. The molecule has 5 nitrogen and oxygen atoms in total. The van der Waals surface area contributed by atoms with Crippen molar-refractivity contribution in [2.24, 2.45) is 0 Å². The van der Waals surface area contributed by atoms with E-state index in [0.29, 0.717) is 13.2 Å². The van der Waals surface area contributed by atoms with Crippen LogP contribution >= 0.6 is 0 Å². The van der Waals surface area contributed by atoms with Gasteiger partial charge in [0.25, 0.3) is 0 Å². The quantitative estimate of drug-likeness (QED) is 0.759. The van der Waals surface area contributed by atoms with Gasteiger partial charge in [-0.05, 0) is 30.7 Å². The molecule has 0 atom stereocenters. The van der Waals surface area contributed by atoms with Crippen molar-refractivity contribution in [2.45, 2.75) is 6.42 Å². The van der Waals surface area contributed by atoms with Gasteiger partial charge in [0.2, 0.25) is 0 Å². The fraction of sp³-hybridized carbons (Fsp3) is 0.462. The van der Waals surface area contributed by atoms with Gasteiger partial charge in [-0.2, -0.15) is 0 Å². The van der Waals surface area contributed by atoms with Gasteiger partial charge in [0.1, 0.15) is 0 Å². The highest BCUT2D eigenvalue weighted by molar-refractivity contribution is 5.89. The predicted octanol–water partition coefficient (Wildman–Crippen LogP) is 1.91. The minimum absolute atomic E-state index is 0.191. The second-order valence-electron chi connectivity index (χ2n) is 4.17. The fourth-order valence-corrected chi connectivity index (χ4v) is 1.44. The molecule has 2 N–H and O–H groups in total. The maximum Gasteiger partial charge on any atom is 0.319 e. The van der Waals surface area contributed by atoms with Crippen LogP contribution in [0.1, 0.15) is 6.42 Å². The van der Waals surface area contributed by atoms with Crippen molar-refractivity contribution in [2.75, 3.05) is 44.6 Å². The number of carbonyl (C=O) groups is 1. The monoisotopic (exact) mass is 251 g/mol. The van der Waals surface area contributed by atoms with Crippen LogP contribution in [0.4, 0.5) is 16.2 Å². The summed E-state index contributed by atoms with van der Waals surface area (Å²) in [5.41, 5.74) is 1.88. The van der Waals surface area contributed by atoms with E-state index in [1.807, 2.05) is 43.3 Å². The highest BCUT2D eigenvalue weighted by Gasteiger charge is 2.01. The minimum Gasteiger partial charge on any atom is -0.385 e. The van der Waals surface area contributed by atoms with E-state index in [2.05, 4.69) is 10.6 Å². The highest BCUT2D eigenvalue weighted by Crippen LogP contribution is 2.15. The lowest BCUT2D eigenvalue weighted by atomic mass is 10.2. The molecule has 0 fully saturated rings. The number of rotatable bonds is 6. The Bertz CT molecular complexity index is 363. The summed E-state index contributed by atoms with van der Waals surface area (Å²) < 4.78 is 4.90. The fourth-order valence-electron chi connectivity index (χ4n) is 1.44. The van der Waals surface area contributed by atoms with E-state index in [1.54, 1.807) is 7.11 Å². The van der Waals surface area contributed by atoms with Gasteiger partial charge >= 0.3 is 6.03 Å². The molecule has 0 aliphatic heterocycles. The van der Waals surface area contributed by atoms with Gasteiger partial charge < -0.3 is 20.3 Å². The number of methoxy groups -OCH3 is 1. The Balaban J connectivity index is 2.35. The maximum atomic E-state index is 11.5. The molecule has 100 valence electrons. The van der Waals surface area contributed by atoms with Crippen molar-refractivity contribution < 1.29 is 9.53 Å². The maximum absolute atomic E-state index is 11.5. The Kier molecular flexibility index (Phi) is 6.00. The first kappa shape index (κ1) is 14.3. The zero-order valence-corrected chi connectivity index (χ0v) is 11.2. The van der Waals surface area contributed by atoms with E-state index in [-0.39, 0.29) is 6.03 Å². The molecule has 0 radical (unpaired) electrons. The molecule has 2 amide bonds. The summed E-state index contributed by atoms with van der Waals surface area (Å²) in [5, 5.41) is 5.54. The number of benzene rings is 1. The standard InChI is InChI=1S/C13H21N3O2/c1-16(2)12-7-5-11(6-8-12)15-13(17)14-9-4-10-18-3/h5-8H,4,9-10H2,1-3H3,(H2,14,15,17). The molecule has 0 spiro atoms. The lowest BCUT2D eigenvalue weighted by Crippen LogP contribution is -2.30. The molecule has 0 aliphatic carbocycles. The van der Waals surface area contributed by atoms with Crippen molar-refractivity contribution in [1.82, 2.24) is 5.32 Å². The largest absolute Gasteiger partial charge is 0.385 e. The molecule has 0 unspecified atom stereocenters. The van der Waals surface area contributed by atoms with Crippen molar-refractivity contribution >= 4 is 17.4 Å². The molecular weight excluding hydrogens is 230 g/mol. The lowest BCUT2D eigenvalue weighted by molar-refractivity contribution is 0.194. The molecule has 1 rings (SSSR count). The van der Waals surface area contributed by atoms with Crippen LogP contribution in [-0.4, -0.2) is 40.4 Å². The molecule has 1 aromatic carbocycles. The van der Waals surface area contributed by atoms with Crippen LogP contribution in [0.25, 0.3) is 0 Å². The third-order valence-electron chi connectivity index (χ3n) is 2.45. The van der Waals surface area contributed by atoms with Gasteiger partial charge in [-0.25, -0.2) is 4.79 Å². The van der Waals surface area contributed by atoms with Gasteiger partial charge in [0, 0.05) is 45.7 Å². The predicted molar refractivity (Wildman–Crippen MR) is 74.3 cm³/mol. The molecule has 0 saturated heterocycles. The summed E-state index contributed by atoms with van der Waals surface area (Å²) in [6.07, 6.45) is 0.809. The topological polar surface area (TPSA) is 53.6 Å². The van der Waals surface area contributed by atoms with Crippen molar-refractivity contribution in [3.63, 3.8) is 0 Å². The molecule has 0 aliphatic rings. The Morgan fingerprint density at radius 3 is 2.50 bits per heavy atom. The summed E-state index contributed by atoms with van der Waals surface area (Å²) in [7, 11) is 5.60. The molecular formula is C13H21N3O2. The summed E-state index contributed by atoms with van der Waals surface area (Å²) in [6.45, 7) is 1.26. The number of amides is 2. The molecule has 0 saturated carbocycles. The van der Waals surface area contributed by atoms with Gasteiger partial charge in [-0.1, -0.05) is 0 Å². The summed E-state index contributed by atoms with van der Waals surface area (Å²) in [5.74, 6) is 0. The van der Waals surface area contributed by atoms with E-state index >= 15 is 0 Å². The Morgan fingerprint density at radius 2 is 1.94 bits per heavy atom. The first-order valence-corrected chi connectivity index (χ1v) is 5.94. The van der Waals surface area contributed by atoms with Crippen LogP contribution in [-0.2, 0) is 4.74 Å². The number of hydrogen-bond donors (Lipinski definition) is 2. The van der Waals surface area contributed by atoms with Crippen LogP contribution in [0.3, 0.4) is 0 Å². The molecule has 18 heavy (non-hydrogen) atoms. The molecule has 1 aromatic rings. The number of anilines is 2. The third-order valence-corrected chi connectivity index (χ3v) is 2.45. The van der Waals surface area contributed by atoms with Gasteiger partial charge in [0.15, 0.2) is 0 Å². The van der Waals surface area contributed by atoms with E-state index in [0.717, 1.165) is 17.8 Å². The first-order valence-electron chi connectivity index (χ1n) is 5.94. The van der Waals surface area contributed by atoms with E-state index < -0.39 is 0 Å². The SMILES string of the molecule is COCCCNC(=O)Nc1ccc(N(C)C)cc1. The Morgan fingerprint density at radius 1 is 1.28 bits per heavy atom. The second-order valence-corrected chi connectivity index (χ2v) is 4.17. The summed E-state index contributed by atoms with van der Waals surface area (Å²) in [6, 6.07) is 7.48. The minimum atomic E-state index is -0.191. The smallest absolute Gasteiger partial charge is 0.319 e. The summed E-state index contributed by atoms with van der Waals surface area (Å²) in [4.78, 5) is 13.5. The number of carbonyl (C=O) groups excluding carboxylic acids is 1. The zero-order valence-electron chi connectivity index (χ0n) is 11.2. The molecule has 0 bridgehead atoms. The van der Waals surface area contributed by atoms with Crippen molar-refractivity contribution in [1.29, 1.82) is 0 Å². The lowest BCUT2D eigenvalue weighted by Gasteiger charge is -2.13. The second kappa shape index (κ2) is 7.55. The Hall–Kier alpha value is -1.75. The van der Waals surface area contributed by atoms with Crippen LogP contribution < -0.4 is 15.5 Å².